The van der Waals surface area contributed by atoms with Crippen molar-refractivity contribution in [2.24, 2.45) is 0 Å². The summed E-state index contributed by atoms with van der Waals surface area (Å²) < 4.78 is 5.70. The molecule has 1 rings (SSSR count). The molecule has 6 heteroatoms. The van der Waals surface area contributed by atoms with Crippen molar-refractivity contribution >= 4 is 5.97 Å². The summed E-state index contributed by atoms with van der Waals surface area (Å²) in [5.74, 6) is -0.785. The van der Waals surface area contributed by atoms with Gasteiger partial charge in [0.15, 0.2) is 0 Å². The lowest BCUT2D eigenvalue weighted by molar-refractivity contribution is -0.136. The molecular weight excluding hydrogens is 360 g/mol. The number of ether oxygens (including phenoxy) is 1. The molecule has 158 valence electrons. The molecule has 1 aliphatic rings. The van der Waals surface area contributed by atoms with Crippen LogP contribution in [0.2, 0.25) is 0 Å². The van der Waals surface area contributed by atoms with E-state index in [1.807, 2.05) is 43.4 Å². The number of rotatable bonds is 13. The highest BCUT2D eigenvalue weighted by molar-refractivity contribution is 5.66. The van der Waals surface area contributed by atoms with Crippen LogP contribution >= 0.6 is 0 Å². The molecule has 6 nitrogen and oxygen atoms in total. The third kappa shape index (κ3) is 10.6. The van der Waals surface area contributed by atoms with Crippen LogP contribution in [0.25, 0.3) is 0 Å². The lowest BCUT2D eigenvalue weighted by atomic mass is 10.0. The van der Waals surface area contributed by atoms with Gasteiger partial charge in [-0.1, -0.05) is 55.5 Å². The van der Waals surface area contributed by atoms with Crippen LogP contribution < -0.4 is 0 Å². The highest BCUT2D eigenvalue weighted by Gasteiger charge is 2.35. The van der Waals surface area contributed by atoms with E-state index in [-0.39, 0.29) is 6.42 Å². The molecule has 0 aromatic carbocycles. The molecule has 4 N–H and O–H groups in total. The molecule has 0 aliphatic carbocycles. The maximum atomic E-state index is 10.4. The van der Waals surface area contributed by atoms with E-state index < -0.39 is 36.5 Å². The van der Waals surface area contributed by atoms with Crippen molar-refractivity contribution in [2.45, 2.75) is 82.4 Å². The third-order valence-corrected chi connectivity index (χ3v) is 4.50. The first kappa shape index (κ1) is 24.3. The standard InChI is InChI=1S/C22H34O6/c1-2-17(23)14-15-20-19(25)16-21(28-20)18(24)12-10-8-6-4-3-5-7-9-11-13-22(26)27/h3-4,7-10,14-15,17-21,23-25H,2,5-6,11-13,16H2,1H3,(H,26,27)/b4-3-,9-7-,10-8-,15-14+/t17-,18+,19-,20+,21-/m0/s1. The van der Waals surface area contributed by atoms with Gasteiger partial charge in [0, 0.05) is 12.8 Å². The summed E-state index contributed by atoms with van der Waals surface area (Å²) in [7, 11) is 0. The number of allylic oxidation sites excluding steroid dienone is 5. The summed E-state index contributed by atoms with van der Waals surface area (Å²) >= 11 is 0. The minimum atomic E-state index is -0.785. The van der Waals surface area contributed by atoms with Gasteiger partial charge in [0.1, 0.15) is 6.10 Å². The number of hydrogen-bond acceptors (Lipinski definition) is 5. The maximum absolute atomic E-state index is 10.4. The average Bonchev–Trinajstić information content (AvgIpc) is 3.04. The van der Waals surface area contributed by atoms with Crippen molar-refractivity contribution in [3.05, 3.63) is 48.6 Å². The molecular formula is C22H34O6. The Labute approximate surface area is 167 Å². The SMILES string of the molecule is CC[C@H](O)/C=C/[C@H]1O[C@H]([C@H](O)C/C=C\C/C=C\C/C=C\CCC(=O)O)C[C@@H]1O. The van der Waals surface area contributed by atoms with Crippen LogP contribution in [0.5, 0.6) is 0 Å². The van der Waals surface area contributed by atoms with Gasteiger partial charge in [0.05, 0.1) is 24.4 Å². The van der Waals surface area contributed by atoms with E-state index in [2.05, 4.69) is 0 Å². The summed E-state index contributed by atoms with van der Waals surface area (Å²) in [6.07, 6.45) is 15.9. The number of aliphatic hydroxyl groups is 3. The predicted molar refractivity (Wildman–Crippen MR) is 109 cm³/mol. The van der Waals surface area contributed by atoms with Gasteiger partial charge in [-0.3, -0.25) is 4.79 Å². The van der Waals surface area contributed by atoms with Gasteiger partial charge in [0.2, 0.25) is 0 Å². The molecule has 0 radical (unpaired) electrons. The third-order valence-electron chi connectivity index (χ3n) is 4.50. The lowest BCUT2D eigenvalue weighted by Crippen LogP contribution is -2.25. The lowest BCUT2D eigenvalue weighted by Gasteiger charge is -2.16. The van der Waals surface area contributed by atoms with Gasteiger partial charge in [-0.25, -0.2) is 0 Å². The van der Waals surface area contributed by atoms with Crippen LogP contribution in [0.3, 0.4) is 0 Å². The van der Waals surface area contributed by atoms with E-state index in [9.17, 15) is 20.1 Å². The van der Waals surface area contributed by atoms with Crippen molar-refractivity contribution in [3.8, 4) is 0 Å². The summed E-state index contributed by atoms with van der Waals surface area (Å²) in [6.45, 7) is 1.87. The molecule has 0 aromatic heterocycles. The van der Waals surface area contributed by atoms with E-state index in [4.69, 9.17) is 9.84 Å². The van der Waals surface area contributed by atoms with Crippen molar-refractivity contribution in [3.63, 3.8) is 0 Å². The zero-order valence-electron chi connectivity index (χ0n) is 16.6. The normalized spacial score (nSPS) is 25.5. The minimum Gasteiger partial charge on any atom is -0.481 e. The number of carboxylic acids is 1. The smallest absolute Gasteiger partial charge is 0.303 e. The molecule has 0 amide bonds. The number of aliphatic hydroxyl groups excluding tert-OH is 3. The zero-order chi connectivity index (χ0) is 20.8. The van der Waals surface area contributed by atoms with Crippen LogP contribution in [-0.4, -0.2) is 56.9 Å². The second kappa shape index (κ2) is 14.3. The second-order valence-corrected chi connectivity index (χ2v) is 6.92. The van der Waals surface area contributed by atoms with Gasteiger partial charge in [-0.15, -0.1) is 0 Å². The molecule has 1 heterocycles. The van der Waals surface area contributed by atoms with Gasteiger partial charge >= 0.3 is 5.97 Å². The summed E-state index contributed by atoms with van der Waals surface area (Å²) in [5.41, 5.74) is 0. The highest BCUT2D eigenvalue weighted by Crippen LogP contribution is 2.25. The Hall–Kier alpha value is -1.73. The minimum absolute atomic E-state index is 0.157. The molecule has 1 aliphatic heterocycles. The van der Waals surface area contributed by atoms with Crippen LogP contribution in [0.4, 0.5) is 0 Å². The Morgan fingerprint density at radius 3 is 2.39 bits per heavy atom. The molecule has 0 saturated carbocycles. The van der Waals surface area contributed by atoms with E-state index in [1.54, 1.807) is 12.2 Å². The Morgan fingerprint density at radius 2 is 1.75 bits per heavy atom. The van der Waals surface area contributed by atoms with E-state index in [1.165, 1.54) is 0 Å². The number of carboxylic acid groups (broad SMARTS) is 1. The highest BCUT2D eigenvalue weighted by atomic mass is 16.5. The molecule has 1 fully saturated rings. The van der Waals surface area contributed by atoms with Gasteiger partial charge < -0.3 is 25.2 Å². The van der Waals surface area contributed by atoms with Gasteiger partial charge in [-0.2, -0.15) is 0 Å². The Balaban J connectivity index is 2.22. The van der Waals surface area contributed by atoms with Crippen molar-refractivity contribution < 1.29 is 30.0 Å². The molecule has 0 aromatic rings. The van der Waals surface area contributed by atoms with Crippen molar-refractivity contribution in [1.82, 2.24) is 0 Å². The van der Waals surface area contributed by atoms with Crippen LogP contribution in [-0.2, 0) is 9.53 Å². The van der Waals surface area contributed by atoms with E-state index in [0.717, 1.165) is 12.8 Å². The first-order valence-electron chi connectivity index (χ1n) is 9.98. The fraction of sp³-hybridized carbons (Fsp3) is 0.591. The van der Waals surface area contributed by atoms with Crippen molar-refractivity contribution in [2.75, 3.05) is 0 Å². The van der Waals surface area contributed by atoms with Crippen LogP contribution in [0.1, 0.15) is 51.9 Å². The van der Waals surface area contributed by atoms with Crippen LogP contribution in [0, 0.1) is 0 Å². The Morgan fingerprint density at radius 1 is 1.11 bits per heavy atom. The summed E-state index contributed by atoms with van der Waals surface area (Å²) in [5, 5.41) is 38.3. The topological polar surface area (TPSA) is 107 Å². The first-order chi connectivity index (χ1) is 13.4. The van der Waals surface area contributed by atoms with Gasteiger partial charge in [0.25, 0.3) is 0 Å². The molecule has 0 bridgehead atoms. The summed E-state index contributed by atoms with van der Waals surface area (Å²) in [6, 6.07) is 0. The molecule has 0 spiro atoms. The maximum Gasteiger partial charge on any atom is 0.303 e. The molecule has 1 saturated heterocycles. The van der Waals surface area contributed by atoms with Crippen LogP contribution in [0.15, 0.2) is 48.6 Å². The van der Waals surface area contributed by atoms with E-state index in [0.29, 0.717) is 25.7 Å². The molecule has 0 unspecified atom stereocenters. The predicted octanol–water partition coefficient (Wildman–Crippen LogP) is 2.90. The fourth-order valence-electron chi connectivity index (χ4n) is 2.77. The zero-order valence-corrected chi connectivity index (χ0v) is 16.6. The second-order valence-electron chi connectivity index (χ2n) is 6.92. The molecule has 28 heavy (non-hydrogen) atoms. The Kier molecular flexibility index (Phi) is 12.4. The Bertz CT molecular complexity index is 551. The monoisotopic (exact) mass is 394 g/mol. The fourth-order valence-corrected chi connectivity index (χ4v) is 2.77. The molecule has 5 atom stereocenters. The average molecular weight is 395 g/mol. The quantitative estimate of drug-likeness (QED) is 0.358. The first-order valence-corrected chi connectivity index (χ1v) is 9.98. The largest absolute Gasteiger partial charge is 0.481 e. The summed E-state index contributed by atoms with van der Waals surface area (Å²) in [4.78, 5) is 10.4. The number of hydrogen-bond donors (Lipinski definition) is 4. The number of aliphatic carboxylic acids is 1. The van der Waals surface area contributed by atoms with Crippen molar-refractivity contribution in [1.29, 1.82) is 0 Å². The number of carbonyl (C=O) groups is 1. The van der Waals surface area contributed by atoms with E-state index >= 15 is 0 Å². The van der Waals surface area contributed by atoms with Gasteiger partial charge in [-0.05, 0) is 32.1 Å².